The molecule has 1 aromatic rings. The second-order valence-corrected chi connectivity index (χ2v) is 3.63. The minimum atomic E-state index is -0.558. The molecule has 0 amide bonds. The van der Waals surface area contributed by atoms with Crippen LogP contribution in [-0.4, -0.2) is 20.0 Å². The molecule has 15 heavy (non-hydrogen) atoms. The van der Waals surface area contributed by atoms with E-state index in [-0.39, 0.29) is 27.3 Å². The Morgan fingerprint density at radius 2 is 2.00 bits per heavy atom. The van der Waals surface area contributed by atoms with Crippen molar-refractivity contribution in [3.8, 4) is 11.5 Å². The van der Waals surface area contributed by atoms with E-state index in [2.05, 4.69) is 15.9 Å². The van der Waals surface area contributed by atoms with Gasteiger partial charge in [0, 0.05) is 6.07 Å². The Morgan fingerprint density at radius 3 is 2.40 bits per heavy atom. The van der Waals surface area contributed by atoms with E-state index < -0.39 is 5.82 Å². The molecule has 0 N–H and O–H groups in total. The molecule has 0 heterocycles. The molecule has 0 saturated carbocycles. The molecule has 1 rings (SSSR count). The molecule has 0 spiro atoms. The van der Waals surface area contributed by atoms with Crippen LogP contribution in [0.25, 0.3) is 0 Å². The van der Waals surface area contributed by atoms with E-state index in [0.29, 0.717) is 0 Å². The summed E-state index contributed by atoms with van der Waals surface area (Å²) < 4.78 is 23.4. The zero-order chi connectivity index (χ0) is 11.6. The maximum Gasteiger partial charge on any atom is 0.172 e. The predicted molar refractivity (Wildman–Crippen MR) is 57.2 cm³/mol. The van der Waals surface area contributed by atoms with Gasteiger partial charge in [-0.25, -0.2) is 4.39 Å². The smallest absolute Gasteiger partial charge is 0.172 e. The summed E-state index contributed by atoms with van der Waals surface area (Å²) in [4.78, 5) is 11.3. The summed E-state index contributed by atoms with van der Waals surface area (Å²) in [6.45, 7) is 1.33. The van der Waals surface area contributed by atoms with Gasteiger partial charge in [-0.3, -0.25) is 4.79 Å². The monoisotopic (exact) mass is 276 g/mol. The lowest BCUT2D eigenvalue weighted by Crippen LogP contribution is -2.03. The third-order valence-electron chi connectivity index (χ3n) is 1.91. The summed E-state index contributed by atoms with van der Waals surface area (Å²) in [5.41, 5.74) is 0.148. The molecule has 0 aliphatic heterocycles. The van der Waals surface area contributed by atoms with Gasteiger partial charge in [-0.15, -0.1) is 0 Å². The van der Waals surface area contributed by atoms with Crippen molar-refractivity contribution in [3.63, 3.8) is 0 Å². The number of hydrogen-bond donors (Lipinski definition) is 0. The van der Waals surface area contributed by atoms with Crippen molar-refractivity contribution < 1.29 is 18.7 Å². The van der Waals surface area contributed by atoms with Crippen molar-refractivity contribution in [2.24, 2.45) is 0 Å². The van der Waals surface area contributed by atoms with Crippen molar-refractivity contribution in [1.82, 2.24) is 0 Å². The van der Waals surface area contributed by atoms with Crippen LogP contribution in [0.15, 0.2) is 10.5 Å². The molecular weight excluding hydrogens is 267 g/mol. The highest BCUT2D eigenvalue weighted by Gasteiger charge is 2.21. The number of rotatable bonds is 3. The van der Waals surface area contributed by atoms with Gasteiger partial charge in [-0.1, -0.05) is 0 Å². The number of benzene rings is 1. The standard InChI is InChI=1S/C10H10BrFO3/c1-5(13)8-9(11)6(12)4-7(14-2)10(8)15-3/h4H,1-3H3. The lowest BCUT2D eigenvalue weighted by atomic mass is 10.1. The average Bonchev–Trinajstić information content (AvgIpc) is 2.20. The summed E-state index contributed by atoms with van der Waals surface area (Å²) in [5.74, 6) is -0.420. The molecule has 0 aliphatic carbocycles. The van der Waals surface area contributed by atoms with Crippen molar-refractivity contribution in [3.05, 3.63) is 21.9 Å². The van der Waals surface area contributed by atoms with Crippen LogP contribution in [0, 0.1) is 5.82 Å². The molecule has 3 nitrogen and oxygen atoms in total. The normalized spacial score (nSPS) is 9.93. The van der Waals surface area contributed by atoms with Crippen molar-refractivity contribution in [2.75, 3.05) is 14.2 Å². The van der Waals surface area contributed by atoms with E-state index >= 15 is 0 Å². The van der Waals surface area contributed by atoms with Gasteiger partial charge in [0.1, 0.15) is 5.82 Å². The van der Waals surface area contributed by atoms with Crippen LogP contribution in [-0.2, 0) is 0 Å². The number of carbonyl (C=O) groups excluding carboxylic acids is 1. The van der Waals surface area contributed by atoms with E-state index in [0.717, 1.165) is 6.07 Å². The van der Waals surface area contributed by atoms with Gasteiger partial charge in [-0.2, -0.15) is 0 Å². The Balaban J connectivity index is 3.56. The quantitative estimate of drug-likeness (QED) is 0.797. The summed E-state index contributed by atoms with van der Waals surface area (Å²) >= 11 is 3.00. The summed E-state index contributed by atoms with van der Waals surface area (Å²) in [6.07, 6.45) is 0. The molecule has 0 aromatic heterocycles. The summed E-state index contributed by atoms with van der Waals surface area (Å²) in [6, 6.07) is 1.16. The Kier molecular flexibility index (Phi) is 3.68. The molecule has 1 aromatic carbocycles. The van der Waals surface area contributed by atoms with E-state index in [1.165, 1.54) is 21.1 Å². The molecule has 5 heteroatoms. The second-order valence-electron chi connectivity index (χ2n) is 2.84. The van der Waals surface area contributed by atoms with Crippen molar-refractivity contribution in [1.29, 1.82) is 0 Å². The number of hydrogen-bond acceptors (Lipinski definition) is 3. The highest BCUT2D eigenvalue weighted by Crippen LogP contribution is 2.38. The fourth-order valence-corrected chi connectivity index (χ4v) is 1.83. The van der Waals surface area contributed by atoms with Crippen molar-refractivity contribution in [2.45, 2.75) is 6.92 Å². The van der Waals surface area contributed by atoms with Gasteiger partial charge in [0.05, 0.1) is 24.3 Å². The highest BCUT2D eigenvalue weighted by molar-refractivity contribution is 9.10. The van der Waals surface area contributed by atoms with Crippen LogP contribution >= 0.6 is 15.9 Å². The summed E-state index contributed by atoms with van der Waals surface area (Å²) in [5, 5.41) is 0. The minimum Gasteiger partial charge on any atom is -0.493 e. The predicted octanol–water partition coefficient (Wildman–Crippen LogP) is 2.81. The zero-order valence-electron chi connectivity index (χ0n) is 8.56. The van der Waals surface area contributed by atoms with Crippen LogP contribution < -0.4 is 9.47 Å². The van der Waals surface area contributed by atoms with E-state index in [1.807, 2.05) is 0 Å². The minimum absolute atomic E-state index is 0.0904. The zero-order valence-corrected chi connectivity index (χ0v) is 10.1. The average molecular weight is 277 g/mol. The lowest BCUT2D eigenvalue weighted by molar-refractivity contribution is 0.101. The van der Waals surface area contributed by atoms with Gasteiger partial charge in [0.2, 0.25) is 0 Å². The molecule has 0 unspecified atom stereocenters. The summed E-state index contributed by atoms with van der Waals surface area (Å²) in [7, 11) is 2.78. The largest absolute Gasteiger partial charge is 0.493 e. The molecule has 82 valence electrons. The first kappa shape index (κ1) is 12.0. The molecule has 0 saturated heterocycles. The number of ether oxygens (including phenoxy) is 2. The Morgan fingerprint density at radius 1 is 1.40 bits per heavy atom. The molecule has 0 fully saturated rings. The molecule has 0 radical (unpaired) electrons. The molecule has 0 bridgehead atoms. The molecule has 0 aliphatic rings. The third-order valence-corrected chi connectivity index (χ3v) is 2.69. The fourth-order valence-electron chi connectivity index (χ4n) is 1.26. The Bertz CT molecular complexity index is 404. The Hall–Kier alpha value is -1.10. The topological polar surface area (TPSA) is 35.5 Å². The molecular formula is C10H10BrFO3. The number of methoxy groups -OCH3 is 2. The van der Waals surface area contributed by atoms with Crippen LogP contribution in [0.2, 0.25) is 0 Å². The number of ketones is 1. The number of halogens is 2. The van der Waals surface area contributed by atoms with Crippen LogP contribution in [0.1, 0.15) is 17.3 Å². The van der Waals surface area contributed by atoms with Gasteiger partial charge in [0.25, 0.3) is 0 Å². The first-order valence-electron chi connectivity index (χ1n) is 4.13. The van der Waals surface area contributed by atoms with E-state index in [9.17, 15) is 9.18 Å². The SMILES string of the molecule is COc1cc(F)c(Br)c(C(C)=O)c1OC. The first-order chi connectivity index (χ1) is 7.02. The third kappa shape index (κ3) is 2.12. The number of Topliss-reactive ketones (excluding diaryl/α,β-unsaturated/α-hetero) is 1. The fraction of sp³-hybridized carbons (Fsp3) is 0.300. The number of carbonyl (C=O) groups is 1. The van der Waals surface area contributed by atoms with E-state index in [1.54, 1.807) is 0 Å². The van der Waals surface area contributed by atoms with Gasteiger partial charge >= 0.3 is 0 Å². The highest BCUT2D eigenvalue weighted by atomic mass is 79.9. The lowest BCUT2D eigenvalue weighted by Gasteiger charge is -2.13. The van der Waals surface area contributed by atoms with E-state index in [4.69, 9.17) is 9.47 Å². The van der Waals surface area contributed by atoms with Gasteiger partial charge in [0.15, 0.2) is 17.3 Å². The first-order valence-corrected chi connectivity index (χ1v) is 4.93. The maximum atomic E-state index is 13.4. The van der Waals surface area contributed by atoms with Crippen LogP contribution in [0.4, 0.5) is 4.39 Å². The Labute approximate surface area is 95.3 Å². The van der Waals surface area contributed by atoms with Crippen LogP contribution in [0.3, 0.4) is 0 Å². The van der Waals surface area contributed by atoms with Crippen molar-refractivity contribution >= 4 is 21.7 Å². The van der Waals surface area contributed by atoms with Gasteiger partial charge < -0.3 is 9.47 Å². The second kappa shape index (κ2) is 4.61. The van der Waals surface area contributed by atoms with Crippen LogP contribution in [0.5, 0.6) is 11.5 Å². The maximum absolute atomic E-state index is 13.4. The van der Waals surface area contributed by atoms with Gasteiger partial charge in [-0.05, 0) is 22.9 Å². The molecule has 0 atom stereocenters.